The summed E-state index contributed by atoms with van der Waals surface area (Å²) in [6.45, 7) is 0.788. The molecule has 1 aromatic heterocycles. The first-order valence-electron chi connectivity index (χ1n) is 6.23. The normalized spacial score (nSPS) is 14.9. The molecule has 0 radical (unpaired) electrons. The number of aromatic nitrogens is 1. The van der Waals surface area contributed by atoms with Gasteiger partial charge in [-0.05, 0) is 35.2 Å². The average Bonchev–Trinajstić information content (AvgIpc) is 2.87. The Morgan fingerprint density at radius 2 is 2.28 bits per heavy atom. The van der Waals surface area contributed by atoms with Gasteiger partial charge in [-0.2, -0.15) is 0 Å². The van der Waals surface area contributed by atoms with Crippen molar-refractivity contribution in [3.8, 4) is 5.75 Å². The highest BCUT2D eigenvalue weighted by molar-refractivity contribution is 5.41. The molecular weight excluding hydrogens is 224 g/mol. The zero-order chi connectivity index (χ0) is 12.4. The largest absolute Gasteiger partial charge is 0.493 e. The lowest BCUT2D eigenvalue weighted by molar-refractivity contribution is 0.357. The molecule has 0 aliphatic carbocycles. The number of rotatable bonds is 3. The van der Waals surface area contributed by atoms with Gasteiger partial charge in [0.05, 0.1) is 6.61 Å². The fourth-order valence-corrected chi connectivity index (χ4v) is 2.33. The van der Waals surface area contributed by atoms with E-state index in [-0.39, 0.29) is 6.04 Å². The zero-order valence-electron chi connectivity index (χ0n) is 10.2. The summed E-state index contributed by atoms with van der Waals surface area (Å²) in [5.74, 6) is 1.01. The third-order valence-corrected chi connectivity index (χ3v) is 3.32. The van der Waals surface area contributed by atoms with Crippen LogP contribution < -0.4 is 10.5 Å². The van der Waals surface area contributed by atoms with Crippen molar-refractivity contribution in [3.05, 3.63) is 59.4 Å². The van der Waals surface area contributed by atoms with Crippen molar-refractivity contribution in [1.82, 2.24) is 4.98 Å². The van der Waals surface area contributed by atoms with Gasteiger partial charge in [0, 0.05) is 24.9 Å². The van der Waals surface area contributed by atoms with E-state index in [4.69, 9.17) is 10.5 Å². The van der Waals surface area contributed by atoms with Crippen LogP contribution in [-0.4, -0.2) is 11.6 Å². The van der Waals surface area contributed by atoms with Crippen LogP contribution in [0.4, 0.5) is 0 Å². The highest BCUT2D eigenvalue weighted by Crippen LogP contribution is 2.28. The van der Waals surface area contributed by atoms with Gasteiger partial charge in [0.2, 0.25) is 0 Å². The molecule has 2 heterocycles. The lowest BCUT2D eigenvalue weighted by Gasteiger charge is -2.13. The molecule has 1 aliphatic heterocycles. The number of fused-ring (bicyclic) bond motifs is 1. The summed E-state index contributed by atoms with van der Waals surface area (Å²) in [6.07, 6.45) is 5.45. The van der Waals surface area contributed by atoms with Crippen molar-refractivity contribution >= 4 is 0 Å². The quantitative estimate of drug-likeness (QED) is 0.895. The molecule has 0 spiro atoms. The number of benzene rings is 1. The Kier molecular flexibility index (Phi) is 2.99. The molecule has 0 fully saturated rings. The third kappa shape index (κ3) is 2.22. The SMILES string of the molecule is NC(Cc1cccnc1)c1ccc2c(c1)CCO2. The standard InChI is InChI=1S/C15H16N2O/c16-14(8-11-2-1-6-17-10-11)12-3-4-15-13(9-12)5-7-18-15/h1-4,6,9-10,14H,5,7-8,16H2. The van der Waals surface area contributed by atoms with E-state index in [1.165, 1.54) is 16.7 Å². The minimum atomic E-state index is 0.0140. The van der Waals surface area contributed by atoms with Gasteiger partial charge in [-0.1, -0.05) is 18.2 Å². The molecule has 2 aromatic rings. The number of nitrogens with zero attached hydrogens (tertiary/aromatic N) is 1. The molecule has 3 heteroatoms. The summed E-state index contributed by atoms with van der Waals surface area (Å²) >= 11 is 0. The summed E-state index contributed by atoms with van der Waals surface area (Å²) in [5, 5.41) is 0. The maximum atomic E-state index is 6.25. The molecule has 3 rings (SSSR count). The van der Waals surface area contributed by atoms with Gasteiger partial charge in [-0.15, -0.1) is 0 Å². The van der Waals surface area contributed by atoms with E-state index >= 15 is 0 Å². The Labute approximate surface area is 107 Å². The van der Waals surface area contributed by atoms with Crippen LogP contribution in [0.5, 0.6) is 5.75 Å². The molecule has 1 atom stereocenters. The average molecular weight is 240 g/mol. The van der Waals surface area contributed by atoms with Gasteiger partial charge in [0.15, 0.2) is 0 Å². The van der Waals surface area contributed by atoms with Crippen molar-refractivity contribution in [2.45, 2.75) is 18.9 Å². The van der Waals surface area contributed by atoms with Gasteiger partial charge in [0.25, 0.3) is 0 Å². The Balaban J connectivity index is 1.78. The lowest BCUT2D eigenvalue weighted by Crippen LogP contribution is -2.13. The fourth-order valence-electron chi connectivity index (χ4n) is 2.33. The molecule has 0 saturated carbocycles. The van der Waals surface area contributed by atoms with E-state index in [2.05, 4.69) is 23.2 Å². The minimum Gasteiger partial charge on any atom is -0.493 e. The third-order valence-electron chi connectivity index (χ3n) is 3.32. The summed E-state index contributed by atoms with van der Waals surface area (Å²) in [4.78, 5) is 4.11. The van der Waals surface area contributed by atoms with E-state index < -0.39 is 0 Å². The molecule has 3 nitrogen and oxygen atoms in total. The number of pyridine rings is 1. The van der Waals surface area contributed by atoms with Gasteiger partial charge >= 0.3 is 0 Å². The monoisotopic (exact) mass is 240 g/mol. The van der Waals surface area contributed by atoms with E-state index in [1.54, 1.807) is 6.20 Å². The van der Waals surface area contributed by atoms with E-state index in [9.17, 15) is 0 Å². The first-order chi connectivity index (χ1) is 8.83. The first kappa shape index (κ1) is 11.2. The van der Waals surface area contributed by atoms with Crippen LogP contribution in [0.3, 0.4) is 0 Å². The van der Waals surface area contributed by atoms with Crippen molar-refractivity contribution in [1.29, 1.82) is 0 Å². The van der Waals surface area contributed by atoms with E-state index in [1.807, 2.05) is 18.3 Å². The fraction of sp³-hybridized carbons (Fsp3) is 0.267. The second-order valence-corrected chi connectivity index (χ2v) is 4.64. The molecule has 92 valence electrons. The van der Waals surface area contributed by atoms with Crippen LogP contribution in [0, 0.1) is 0 Å². The summed E-state index contributed by atoms with van der Waals surface area (Å²) in [5.41, 5.74) is 9.86. The van der Waals surface area contributed by atoms with Crippen LogP contribution in [0.1, 0.15) is 22.7 Å². The molecule has 1 aliphatic rings. The van der Waals surface area contributed by atoms with Crippen molar-refractivity contribution < 1.29 is 4.74 Å². The Bertz CT molecular complexity index is 539. The van der Waals surface area contributed by atoms with E-state index in [0.29, 0.717) is 0 Å². The number of nitrogens with two attached hydrogens (primary N) is 1. The highest BCUT2D eigenvalue weighted by atomic mass is 16.5. The Morgan fingerprint density at radius 1 is 1.33 bits per heavy atom. The van der Waals surface area contributed by atoms with Gasteiger partial charge < -0.3 is 10.5 Å². The minimum absolute atomic E-state index is 0.0140. The maximum absolute atomic E-state index is 6.25. The van der Waals surface area contributed by atoms with E-state index in [0.717, 1.165) is 25.2 Å². The maximum Gasteiger partial charge on any atom is 0.122 e. The molecule has 1 aromatic carbocycles. The highest BCUT2D eigenvalue weighted by Gasteiger charge is 2.15. The molecule has 2 N–H and O–H groups in total. The smallest absolute Gasteiger partial charge is 0.122 e. The van der Waals surface area contributed by atoms with Gasteiger partial charge in [-0.25, -0.2) is 0 Å². The summed E-state index contributed by atoms with van der Waals surface area (Å²) < 4.78 is 5.50. The van der Waals surface area contributed by atoms with Gasteiger partial charge in [-0.3, -0.25) is 4.98 Å². The summed E-state index contributed by atoms with van der Waals surface area (Å²) in [6, 6.07) is 10.3. The van der Waals surface area contributed by atoms with Crippen LogP contribution in [0.15, 0.2) is 42.7 Å². The molecule has 0 saturated heterocycles. The molecular formula is C15H16N2O. The van der Waals surface area contributed by atoms with Crippen molar-refractivity contribution in [2.75, 3.05) is 6.61 Å². The predicted octanol–water partition coefficient (Wildman–Crippen LogP) is 2.26. The molecule has 0 amide bonds. The Hall–Kier alpha value is -1.87. The van der Waals surface area contributed by atoms with Crippen LogP contribution in [0.2, 0.25) is 0 Å². The second kappa shape index (κ2) is 4.78. The molecule has 18 heavy (non-hydrogen) atoms. The predicted molar refractivity (Wildman–Crippen MR) is 70.5 cm³/mol. The van der Waals surface area contributed by atoms with Crippen molar-refractivity contribution in [2.24, 2.45) is 5.73 Å². The number of hydrogen-bond donors (Lipinski definition) is 1. The number of ether oxygens (including phenoxy) is 1. The Morgan fingerprint density at radius 3 is 3.11 bits per heavy atom. The number of hydrogen-bond acceptors (Lipinski definition) is 3. The molecule has 0 bridgehead atoms. The first-order valence-corrected chi connectivity index (χ1v) is 6.23. The van der Waals surface area contributed by atoms with Crippen LogP contribution in [-0.2, 0) is 12.8 Å². The van der Waals surface area contributed by atoms with Gasteiger partial charge in [0.1, 0.15) is 5.75 Å². The van der Waals surface area contributed by atoms with Crippen LogP contribution >= 0.6 is 0 Å². The van der Waals surface area contributed by atoms with Crippen molar-refractivity contribution in [3.63, 3.8) is 0 Å². The second-order valence-electron chi connectivity index (χ2n) is 4.64. The zero-order valence-corrected chi connectivity index (χ0v) is 10.2. The van der Waals surface area contributed by atoms with Crippen LogP contribution in [0.25, 0.3) is 0 Å². The lowest BCUT2D eigenvalue weighted by atomic mass is 9.98. The molecule has 1 unspecified atom stereocenters. The topological polar surface area (TPSA) is 48.1 Å². The summed E-state index contributed by atoms with van der Waals surface area (Å²) in [7, 11) is 0.